The van der Waals surface area contributed by atoms with Crippen molar-refractivity contribution in [3.05, 3.63) is 65.2 Å². The van der Waals surface area contributed by atoms with Crippen LogP contribution in [-0.2, 0) is 21.2 Å². The van der Waals surface area contributed by atoms with Gasteiger partial charge in [-0.1, -0.05) is 24.3 Å². The van der Waals surface area contributed by atoms with Gasteiger partial charge in [0.15, 0.2) is 0 Å². The van der Waals surface area contributed by atoms with Gasteiger partial charge in [-0.15, -0.1) is 4.40 Å². The highest BCUT2D eigenvalue weighted by Crippen LogP contribution is 2.17. The Bertz CT molecular complexity index is 872. The quantitative estimate of drug-likeness (QED) is 0.449. The molecule has 0 bridgehead atoms. The fourth-order valence-electron chi connectivity index (χ4n) is 2.15. The van der Waals surface area contributed by atoms with Gasteiger partial charge in [0.25, 0.3) is 10.0 Å². The number of benzene rings is 2. The first-order chi connectivity index (χ1) is 11.8. The van der Waals surface area contributed by atoms with Gasteiger partial charge in [0, 0.05) is 14.1 Å². The number of sulfonamides is 1. The molecule has 0 saturated carbocycles. The SMILES string of the molecule is COC(=O)c1ccc(Cc2cccc(S(=O)(=O)N=CN(C)C)c2)cc1. The number of hydrogen-bond acceptors (Lipinski definition) is 4. The second kappa shape index (κ2) is 7.94. The van der Waals surface area contributed by atoms with Crippen LogP contribution in [0.1, 0.15) is 21.5 Å². The fraction of sp³-hybridized carbons (Fsp3) is 0.222. The summed E-state index contributed by atoms with van der Waals surface area (Å²) in [4.78, 5) is 13.1. The zero-order valence-corrected chi connectivity index (χ0v) is 15.2. The Labute approximate surface area is 147 Å². The van der Waals surface area contributed by atoms with E-state index in [2.05, 4.69) is 9.13 Å². The normalized spacial score (nSPS) is 11.5. The lowest BCUT2D eigenvalue weighted by Gasteiger charge is -2.06. The van der Waals surface area contributed by atoms with E-state index in [1.165, 1.54) is 19.5 Å². The zero-order valence-electron chi connectivity index (χ0n) is 14.3. The second-order valence-electron chi connectivity index (χ2n) is 5.67. The topological polar surface area (TPSA) is 76.0 Å². The first kappa shape index (κ1) is 18.7. The summed E-state index contributed by atoms with van der Waals surface area (Å²) in [6, 6.07) is 13.7. The molecule has 2 aromatic carbocycles. The molecule has 0 fully saturated rings. The molecule has 6 nitrogen and oxygen atoms in total. The predicted octanol–water partition coefficient (Wildman–Crippen LogP) is 2.34. The summed E-state index contributed by atoms with van der Waals surface area (Å²) in [6.45, 7) is 0. The summed E-state index contributed by atoms with van der Waals surface area (Å²) >= 11 is 0. The summed E-state index contributed by atoms with van der Waals surface area (Å²) < 4.78 is 32.7. The van der Waals surface area contributed by atoms with Gasteiger partial charge in [0.2, 0.25) is 0 Å². The van der Waals surface area contributed by atoms with Crippen LogP contribution in [0.4, 0.5) is 0 Å². The van der Waals surface area contributed by atoms with Gasteiger partial charge >= 0.3 is 5.97 Å². The van der Waals surface area contributed by atoms with Gasteiger partial charge in [-0.05, 0) is 41.8 Å². The summed E-state index contributed by atoms with van der Waals surface area (Å²) in [7, 11) is 1.01. The Morgan fingerprint density at radius 2 is 1.80 bits per heavy atom. The molecule has 2 rings (SSSR count). The third-order valence-corrected chi connectivity index (χ3v) is 4.62. The molecule has 0 saturated heterocycles. The maximum Gasteiger partial charge on any atom is 0.337 e. The number of carbonyl (C=O) groups excluding carboxylic acids is 1. The van der Waals surface area contributed by atoms with Crippen LogP contribution in [0, 0.1) is 0 Å². The first-order valence-electron chi connectivity index (χ1n) is 7.55. The van der Waals surface area contributed by atoms with Crippen LogP contribution >= 0.6 is 0 Å². The zero-order chi connectivity index (χ0) is 18.4. The molecule has 0 aliphatic rings. The number of rotatable bonds is 6. The minimum Gasteiger partial charge on any atom is -0.465 e. The van der Waals surface area contributed by atoms with Gasteiger partial charge in [0.05, 0.1) is 17.6 Å². The van der Waals surface area contributed by atoms with Crippen LogP contribution in [0.3, 0.4) is 0 Å². The van der Waals surface area contributed by atoms with E-state index in [0.29, 0.717) is 12.0 Å². The van der Waals surface area contributed by atoms with Crippen LogP contribution in [-0.4, -0.2) is 46.8 Å². The molecular weight excluding hydrogens is 340 g/mol. The van der Waals surface area contributed by atoms with E-state index < -0.39 is 16.0 Å². The van der Waals surface area contributed by atoms with E-state index in [-0.39, 0.29) is 4.90 Å². The van der Waals surface area contributed by atoms with Crippen molar-refractivity contribution >= 4 is 22.3 Å². The highest BCUT2D eigenvalue weighted by atomic mass is 32.2. The average molecular weight is 360 g/mol. The van der Waals surface area contributed by atoms with Gasteiger partial charge in [-0.25, -0.2) is 4.79 Å². The number of hydrogen-bond donors (Lipinski definition) is 0. The van der Waals surface area contributed by atoms with Crippen LogP contribution in [0.25, 0.3) is 0 Å². The van der Waals surface area contributed by atoms with Gasteiger partial charge < -0.3 is 9.64 Å². The lowest BCUT2D eigenvalue weighted by atomic mass is 10.0. The van der Waals surface area contributed by atoms with Crippen LogP contribution in [0.15, 0.2) is 57.8 Å². The van der Waals surface area contributed by atoms with Crippen LogP contribution in [0.5, 0.6) is 0 Å². The van der Waals surface area contributed by atoms with Crippen molar-refractivity contribution in [2.24, 2.45) is 4.40 Å². The van der Waals surface area contributed by atoms with Crippen molar-refractivity contribution < 1.29 is 17.9 Å². The maximum absolute atomic E-state index is 12.2. The van der Waals surface area contributed by atoms with Crippen LogP contribution < -0.4 is 0 Å². The number of methoxy groups -OCH3 is 1. The largest absolute Gasteiger partial charge is 0.465 e. The Hall–Kier alpha value is -2.67. The third kappa shape index (κ3) is 5.15. The van der Waals surface area contributed by atoms with E-state index >= 15 is 0 Å². The molecule has 0 N–H and O–H groups in total. The predicted molar refractivity (Wildman–Crippen MR) is 96.4 cm³/mol. The van der Waals surface area contributed by atoms with Gasteiger partial charge in [-0.2, -0.15) is 8.42 Å². The van der Waals surface area contributed by atoms with Crippen molar-refractivity contribution in [2.75, 3.05) is 21.2 Å². The lowest BCUT2D eigenvalue weighted by molar-refractivity contribution is 0.0600. The molecule has 0 unspecified atom stereocenters. The molecule has 0 aromatic heterocycles. The Morgan fingerprint density at radius 1 is 1.12 bits per heavy atom. The Morgan fingerprint density at radius 3 is 2.40 bits per heavy atom. The van der Waals surface area contributed by atoms with Crippen molar-refractivity contribution in [2.45, 2.75) is 11.3 Å². The Kier molecular flexibility index (Phi) is 5.93. The average Bonchev–Trinajstić information content (AvgIpc) is 2.60. The minimum atomic E-state index is -3.72. The second-order valence-corrected chi connectivity index (χ2v) is 7.30. The number of ether oxygens (including phenoxy) is 1. The molecule has 132 valence electrons. The molecular formula is C18H20N2O4S. The molecule has 0 amide bonds. The lowest BCUT2D eigenvalue weighted by Crippen LogP contribution is -2.10. The van der Waals surface area contributed by atoms with E-state index in [4.69, 9.17) is 0 Å². The highest BCUT2D eigenvalue weighted by molar-refractivity contribution is 7.90. The van der Waals surface area contributed by atoms with E-state index in [9.17, 15) is 13.2 Å². The summed E-state index contributed by atoms with van der Waals surface area (Å²) in [5.74, 6) is -0.390. The number of nitrogens with zero attached hydrogens (tertiary/aromatic N) is 2. The standard InChI is InChI=1S/C18H20N2O4S/c1-20(2)13-19-25(22,23)17-6-4-5-15(12-17)11-14-7-9-16(10-8-14)18(21)24-3/h4-10,12-13H,11H2,1-3H3. The number of carbonyl (C=O) groups is 1. The van der Waals surface area contributed by atoms with Crippen molar-refractivity contribution in [1.29, 1.82) is 0 Å². The monoisotopic (exact) mass is 360 g/mol. The van der Waals surface area contributed by atoms with Gasteiger partial charge in [-0.3, -0.25) is 0 Å². The molecule has 2 aromatic rings. The highest BCUT2D eigenvalue weighted by Gasteiger charge is 2.13. The van der Waals surface area contributed by atoms with Crippen LogP contribution in [0.2, 0.25) is 0 Å². The molecule has 0 aliphatic carbocycles. The van der Waals surface area contributed by atoms with Crippen molar-refractivity contribution in [3.8, 4) is 0 Å². The molecule has 0 spiro atoms. The molecule has 0 heterocycles. The van der Waals surface area contributed by atoms with E-state index in [0.717, 1.165) is 11.1 Å². The number of esters is 1. The fourth-order valence-corrected chi connectivity index (χ4v) is 3.13. The van der Waals surface area contributed by atoms with E-state index in [1.54, 1.807) is 43.3 Å². The summed E-state index contributed by atoms with van der Waals surface area (Å²) in [5, 5.41) is 0. The van der Waals surface area contributed by atoms with Crippen molar-refractivity contribution in [1.82, 2.24) is 4.90 Å². The Balaban J connectivity index is 2.20. The van der Waals surface area contributed by atoms with E-state index in [1.807, 2.05) is 18.2 Å². The molecule has 25 heavy (non-hydrogen) atoms. The van der Waals surface area contributed by atoms with Gasteiger partial charge in [0.1, 0.15) is 6.34 Å². The molecule has 7 heteroatoms. The summed E-state index contributed by atoms with van der Waals surface area (Å²) in [5.41, 5.74) is 2.27. The maximum atomic E-state index is 12.2. The minimum absolute atomic E-state index is 0.147. The summed E-state index contributed by atoms with van der Waals surface area (Å²) in [6.07, 6.45) is 1.80. The molecule has 0 aliphatic heterocycles. The third-order valence-electron chi connectivity index (χ3n) is 3.40. The van der Waals surface area contributed by atoms with Crippen molar-refractivity contribution in [3.63, 3.8) is 0 Å². The first-order valence-corrected chi connectivity index (χ1v) is 8.99. The smallest absolute Gasteiger partial charge is 0.337 e. The molecule has 0 radical (unpaired) electrons. The molecule has 0 atom stereocenters.